The first-order valence-electron chi connectivity index (χ1n) is 5.26. The van der Waals surface area contributed by atoms with E-state index < -0.39 is 24.8 Å². The summed E-state index contributed by atoms with van der Waals surface area (Å²) < 4.78 is 54.3. The molecule has 0 unspecified atom stereocenters. The molecule has 0 aliphatic carbocycles. The zero-order chi connectivity index (χ0) is 14.8. The summed E-state index contributed by atoms with van der Waals surface area (Å²) in [7, 11) is 0. The molecule has 4 nitrogen and oxygen atoms in total. The van der Waals surface area contributed by atoms with Gasteiger partial charge in [0, 0.05) is 11.8 Å². The van der Waals surface area contributed by atoms with Crippen LogP contribution in [0, 0.1) is 19.3 Å². The molecule has 0 fully saturated rings. The summed E-state index contributed by atoms with van der Waals surface area (Å²) in [5.74, 6) is -4.85. The number of nitrogens with zero attached hydrogens (tertiary/aromatic N) is 1. The first-order chi connectivity index (χ1) is 8.65. The van der Waals surface area contributed by atoms with E-state index in [1.54, 1.807) is 6.92 Å². The number of rotatable bonds is 5. The molecular formula is C11H13F4N3O. The van der Waals surface area contributed by atoms with Crippen molar-refractivity contribution in [3.8, 4) is 5.75 Å². The van der Waals surface area contributed by atoms with Crippen molar-refractivity contribution < 1.29 is 22.3 Å². The predicted octanol–water partition coefficient (Wildman–Crippen LogP) is 2.26. The van der Waals surface area contributed by atoms with Gasteiger partial charge in [0.1, 0.15) is 11.6 Å². The van der Waals surface area contributed by atoms with Gasteiger partial charge in [-0.2, -0.15) is 8.78 Å². The molecule has 0 aliphatic rings. The third-order valence-electron chi connectivity index (χ3n) is 2.30. The van der Waals surface area contributed by atoms with Crippen molar-refractivity contribution in [3.63, 3.8) is 0 Å². The Kier molecular flexibility index (Phi) is 4.33. The Hall–Kier alpha value is -1.86. The molecule has 0 saturated carbocycles. The van der Waals surface area contributed by atoms with Crippen LogP contribution in [0.5, 0.6) is 5.75 Å². The van der Waals surface area contributed by atoms with Crippen LogP contribution in [0.4, 0.5) is 17.6 Å². The number of pyridine rings is 1. The Morgan fingerprint density at radius 1 is 1.47 bits per heavy atom. The largest absolute Gasteiger partial charge is 0.486 e. The molecule has 0 bridgehead atoms. The lowest BCUT2D eigenvalue weighted by Gasteiger charge is -2.18. The summed E-state index contributed by atoms with van der Waals surface area (Å²) >= 11 is 0. The van der Waals surface area contributed by atoms with E-state index in [2.05, 4.69) is 4.98 Å². The van der Waals surface area contributed by atoms with E-state index in [0.29, 0.717) is 11.4 Å². The van der Waals surface area contributed by atoms with Crippen LogP contribution in [-0.4, -0.2) is 29.8 Å². The Morgan fingerprint density at radius 3 is 2.53 bits per heavy atom. The van der Waals surface area contributed by atoms with Crippen LogP contribution in [0.1, 0.15) is 17.0 Å². The van der Waals surface area contributed by atoms with Gasteiger partial charge in [0.05, 0.1) is 11.3 Å². The first kappa shape index (κ1) is 15.2. The van der Waals surface area contributed by atoms with E-state index in [1.807, 2.05) is 0 Å². The number of amidine groups is 1. The number of aromatic nitrogens is 1. The molecule has 1 rings (SSSR count). The fourth-order valence-corrected chi connectivity index (χ4v) is 1.47. The van der Waals surface area contributed by atoms with Crippen LogP contribution in [0.15, 0.2) is 6.07 Å². The molecule has 0 radical (unpaired) electrons. The Labute approximate surface area is 107 Å². The van der Waals surface area contributed by atoms with Crippen LogP contribution in [-0.2, 0) is 0 Å². The second kappa shape index (κ2) is 5.41. The molecule has 106 valence electrons. The number of nitrogens with one attached hydrogen (secondary N) is 1. The monoisotopic (exact) mass is 279 g/mol. The van der Waals surface area contributed by atoms with Gasteiger partial charge in [0.2, 0.25) is 0 Å². The van der Waals surface area contributed by atoms with E-state index in [1.165, 1.54) is 13.0 Å². The van der Waals surface area contributed by atoms with Crippen LogP contribution >= 0.6 is 0 Å². The van der Waals surface area contributed by atoms with Gasteiger partial charge in [-0.05, 0) is 13.8 Å². The lowest BCUT2D eigenvalue weighted by molar-refractivity contribution is -0.148. The lowest BCUT2D eigenvalue weighted by Crippen LogP contribution is -2.34. The quantitative estimate of drug-likeness (QED) is 0.493. The van der Waals surface area contributed by atoms with Gasteiger partial charge in [-0.25, -0.2) is 8.78 Å². The highest BCUT2D eigenvalue weighted by Crippen LogP contribution is 2.27. The first-order valence-corrected chi connectivity index (χ1v) is 5.26. The van der Waals surface area contributed by atoms with Gasteiger partial charge in [0.25, 0.3) is 0 Å². The molecule has 0 spiro atoms. The molecule has 1 heterocycles. The number of nitrogens with two attached hydrogens (primary N) is 1. The standard InChI is InChI=1S/C11H13F4N3O/c1-5-3-7(8(9(16)17)6(2)18-5)19-4-11(14,15)10(12)13/h3,10H,4H2,1-2H3,(H3,16,17). The molecule has 19 heavy (non-hydrogen) atoms. The van der Waals surface area contributed by atoms with Gasteiger partial charge in [-0.1, -0.05) is 0 Å². The number of halogens is 4. The second-order valence-corrected chi connectivity index (χ2v) is 3.99. The highest BCUT2D eigenvalue weighted by atomic mass is 19.3. The third kappa shape index (κ3) is 3.55. The van der Waals surface area contributed by atoms with Crippen molar-refractivity contribution in [1.29, 1.82) is 5.41 Å². The number of ether oxygens (including phenoxy) is 1. The summed E-state index contributed by atoms with van der Waals surface area (Å²) in [6.07, 6.45) is -3.82. The topological polar surface area (TPSA) is 72.0 Å². The van der Waals surface area contributed by atoms with E-state index in [9.17, 15) is 17.6 Å². The molecule has 0 aliphatic heterocycles. The minimum absolute atomic E-state index is 0.0238. The minimum atomic E-state index is -4.26. The Morgan fingerprint density at radius 2 is 2.05 bits per heavy atom. The average molecular weight is 279 g/mol. The molecule has 8 heteroatoms. The van der Waals surface area contributed by atoms with Crippen molar-refractivity contribution in [2.75, 3.05) is 6.61 Å². The van der Waals surface area contributed by atoms with Crippen molar-refractivity contribution >= 4 is 5.84 Å². The summed E-state index contributed by atoms with van der Waals surface area (Å²) in [6.45, 7) is 1.60. The maximum atomic E-state index is 12.8. The van der Waals surface area contributed by atoms with Crippen LogP contribution < -0.4 is 10.5 Å². The average Bonchev–Trinajstić information content (AvgIpc) is 2.24. The van der Waals surface area contributed by atoms with E-state index in [4.69, 9.17) is 15.9 Å². The molecule has 0 saturated heterocycles. The fourth-order valence-electron chi connectivity index (χ4n) is 1.47. The Bertz CT molecular complexity index is 491. The highest BCUT2D eigenvalue weighted by molar-refractivity contribution is 5.98. The number of alkyl halides is 4. The smallest absolute Gasteiger partial charge is 0.340 e. The molecular weight excluding hydrogens is 266 g/mol. The summed E-state index contributed by atoms with van der Waals surface area (Å²) in [5, 5.41) is 7.33. The number of aryl methyl sites for hydroxylation is 2. The molecule has 1 aromatic rings. The maximum Gasteiger partial charge on any atom is 0.340 e. The highest BCUT2D eigenvalue weighted by Gasteiger charge is 2.42. The fraction of sp³-hybridized carbons (Fsp3) is 0.455. The van der Waals surface area contributed by atoms with Crippen molar-refractivity contribution in [1.82, 2.24) is 4.98 Å². The predicted molar refractivity (Wildman–Crippen MR) is 61.2 cm³/mol. The van der Waals surface area contributed by atoms with E-state index >= 15 is 0 Å². The van der Waals surface area contributed by atoms with Gasteiger partial charge in [0.15, 0.2) is 6.61 Å². The van der Waals surface area contributed by atoms with Gasteiger partial charge >= 0.3 is 12.3 Å². The molecule has 0 amide bonds. The summed E-state index contributed by atoms with van der Waals surface area (Å²) in [5.41, 5.74) is 6.07. The zero-order valence-electron chi connectivity index (χ0n) is 10.3. The van der Waals surface area contributed by atoms with E-state index in [-0.39, 0.29) is 11.3 Å². The third-order valence-corrected chi connectivity index (χ3v) is 2.30. The van der Waals surface area contributed by atoms with Crippen LogP contribution in [0.3, 0.4) is 0 Å². The molecule has 3 N–H and O–H groups in total. The maximum absolute atomic E-state index is 12.8. The van der Waals surface area contributed by atoms with Gasteiger partial charge in [-0.15, -0.1) is 0 Å². The minimum Gasteiger partial charge on any atom is -0.486 e. The molecule has 1 aromatic heterocycles. The zero-order valence-corrected chi connectivity index (χ0v) is 10.3. The molecule has 0 aromatic carbocycles. The second-order valence-electron chi connectivity index (χ2n) is 3.99. The number of hydrogen-bond acceptors (Lipinski definition) is 3. The molecule has 0 atom stereocenters. The summed E-state index contributed by atoms with van der Waals surface area (Å²) in [4.78, 5) is 4.00. The number of nitrogen functional groups attached to an aromatic ring is 1. The lowest BCUT2D eigenvalue weighted by atomic mass is 10.1. The van der Waals surface area contributed by atoms with Crippen molar-refractivity contribution in [2.45, 2.75) is 26.2 Å². The normalized spacial score (nSPS) is 11.7. The van der Waals surface area contributed by atoms with Crippen LogP contribution in [0.2, 0.25) is 0 Å². The van der Waals surface area contributed by atoms with Gasteiger partial charge in [-0.3, -0.25) is 10.4 Å². The van der Waals surface area contributed by atoms with Crippen molar-refractivity contribution in [3.05, 3.63) is 23.0 Å². The van der Waals surface area contributed by atoms with Crippen LogP contribution in [0.25, 0.3) is 0 Å². The number of hydrogen-bond donors (Lipinski definition) is 2. The van der Waals surface area contributed by atoms with Crippen molar-refractivity contribution in [2.24, 2.45) is 5.73 Å². The SMILES string of the molecule is Cc1cc(OCC(F)(F)C(F)F)c(C(=N)N)c(C)n1. The summed E-state index contributed by atoms with van der Waals surface area (Å²) in [6, 6.07) is 1.27. The van der Waals surface area contributed by atoms with E-state index in [0.717, 1.165) is 0 Å². The van der Waals surface area contributed by atoms with Gasteiger partial charge < -0.3 is 10.5 Å². The Balaban J connectivity index is 3.04.